The molecule has 0 aliphatic heterocycles. The van der Waals surface area contributed by atoms with E-state index in [-0.39, 0.29) is 12.8 Å². The predicted octanol–water partition coefficient (Wildman–Crippen LogP) is -0.0528. The number of carbonyl (C=O) groups excluding carboxylic acids is 2. The molecule has 0 spiro atoms. The molecule has 0 aliphatic carbocycles. The zero-order valence-corrected chi connectivity index (χ0v) is 12.0. The first-order chi connectivity index (χ1) is 9.03. The number of hydrogen-bond acceptors (Lipinski definition) is 5. The Bertz CT molecular complexity index is 365. The summed E-state index contributed by atoms with van der Waals surface area (Å²) >= 11 is 0. The Kier molecular flexibility index (Phi) is 6.98. The van der Waals surface area contributed by atoms with Gasteiger partial charge in [-0.15, -0.1) is 0 Å². The van der Waals surface area contributed by atoms with Crippen molar-refractivity contribution in [3.63, 3.8) is 0 Å². The van der Waals surface area contributed by atoms with Gasteiger partial charge in [-0.05, 0) is 40.0 Å². The highest BCUT2D eigenvalue weighted by Crippen LogP contribution is 2.11. The van der Waals surface area contributed by atoms with Crippen LogP contribution in [0.1, 0.15) is 40.0 Å². The van der Waals surface area contributed by atoms with Gasteiger partial charge in [0.25, 0.3) is 0 Å². The number of amides is 2. The van der Waals surface area contributed by atoms with Crippen molar-refractivity contribution < 1.29 is 24.2 Å². The van der Waals surface area contributed by atoms with Crippen LogP contribution in [0, 0.1) is 0 Å². The molecule has 0 aromatic rings. The molecule has 0 heterocycles. The van der Waals surface area contributed by atoms with Crippen molar-refractivity contribution in [2.75, 3.05) is 0 Å². The van der Waals surface area contributed by atoms with Gasteiger partial charge in [0.2, 0.25) is 0 Å². The smallest absolute Gasteiger partial charge is 0.326 e. The van der Waals surface area contributed by atoms with Gasteiger partial charge in [0.05, 0.1) is 0 Å². The van der Waals surface area contributed by atoms with E-state index in [9.17, 15) is 14.4 Å². The molecule has 20 heavy (non-hydrogen) atoms. The fourth-order valence-electron chi connectivity index (χ4n) is 1.47. The highest BCUT2D eigenvalue weighted by Gasteiger charge is 2.23. The van der Waals surface area contributed by atoms with Gasteiger partial charge < -0.3 is 26.6 Å². The molecule has 0 aliphatic rings. The number of aliphatic carboxylic acids is 1. The molecular weight excluding hydrogens is 266 g/mol. The van der Waals surface area contributed by atoms with Gasteiger partial charge in [-0.1, -0.05) is 0 Å². The average Bonchev–Trinajstić information content (AvgIpc) is 2.24. The highest BCUT2D eigenvalue weighted by atomic mass is 16.6. The van der Waals surface area contributed by atoms with Crippen molar-refractivity contribution in [1.29, 1.82) is 0 Å². The third-order valence-electron chi connectivity index (χ3n) is 2.33. The number of esters is 1. The summed E-state index contributed by atoms with van der Waals surface area (Å²) in [4.78, 5) is 33.1. The fraction of sp³-hybridized carbons (Fsp3) is 0.750. The van der Waals surface area contributed by atoms with E-state index in [0.29, 0.717) is 6.42 Å². The molecule has 2 atom stereocenters. The lowest BCUT2D eigenvalue weighted by Crippen LogP contribution is -2.44. The molecule has 8 heteroatoms. The van der Waals surface area contributed by atoms with Crippen LogP contribution in [0.25, 0.3) is 0 Å². The van der Waals surface area contributed by atoms with Gasteiger partial charge in [0.1, 0.15) is 17.7 Å². The van der Waals surface area contributed by atoms with Gasteiger partial charge in [0, 0.05) is 0 Å². The Morgan fingerprint density at radius 2 is 1.80 bits per heavy atom. The second-order valence-corrected chi connectivity index (χ2v) is 5.47. The quantitative estimate of drug-likeness (QED) is 0.483. The summed E-state index contributed by atoms with van der Waals surface area (Å²) in [5.41, 5.74) is 9.90. The molecule has 0 aromatic heterocycles. The van der Waals surface area contributed by atoms with Crippen LogP contribution in [-0.2, 0) is 14.3 Å². The summed E-state index contributed by atoms with van der Waals surface area (Å²) in [5, 5.41) is 11.0. The first kappa shape index (κ1) is 18.2. The zero-order chi connectivity index (χ0) is 15.9. The van der Waals surface area contributed by atoms with Crippen molar-refractivity contribution in [3.8, 4) is 0 Å². The van der Waals surface area contributed by atoms with E-state index in [1.807, 2.05) is 0 Å². The Balaban J connectivity index is 4.17. The molecule has 8 nitrogen and oxygen atoms in total. The first-order valence-corrected chi connectivity index (χ1v) is 6.30. The standard InChI is InChI=1S/C12H23N3O5/c1-12(2,3)20-10(18)7(13)5-4-6-8(9(16)17)15-11(14)19/h7-8H,4-6,13H2,1-3H3,(H,16,17)(H3,14,15,19)/t7?,8-/m0/s1. The molecule has 0 rings (SSSR count). The monoisotopic (exact) mass is 289 g/mol. The normalized spacial score (nSPS) is 14.2. The van der Waals surface area contributed by atoms with Crippen LogP contribution in [0.5, 0.6) is 0 Å². The third-order valence-corrected chi connectivity index (χ3v) is 2.33. The van der Waals surface area contributed by atoms with Gasteiger partial charge in [0.15, 0.2) is 0 Å². The minimum Gasteiger partial charge on any atom is -0.480 e. The van der Waals surface area contributed by atoms with Crippen LogP contribution < -0.4 is 16.8 Å². The van der Waals surface area contributed by atoms with E-state index < -0.39 is 35.7 Å². The molecular formula is C12H23N3O5. The molecule has 0 radical (unpaired) electrons. The number of primary amides is 1. The maximum Gasteiger partial charge on any atom is 0.326 e. The van der Waals surface area contributed by atoms with Crippen LogP contribution in [0.15, 0.2) is 0 Å². The number of urea groups is 1. The number of rotatable bonds is 7. The lowest BCUT2D eigenvalue weighted by Gasteiger charge is -2.22. The summed E-state index contributed by atoms with van der Waals surface area (Å²) in [7, 11) is 0. The number of carboxylic acids is 1. The Morgan fingerprint density at radius 1 is 1.25 bits per heavy atom. The minimum atomic E-state index is -1.19. The Morgan fingerprint density at radius 3 is 2.20 bits per heavy atom. The average molecular weight is 289 g/mol. The van der Waals surface area contributed by atoms with Crippen LogP contribution >= 0.6 is 0 Å². The van der Waals surface area contributed by atoms with E-state index in [1.54, 1.807) is 20.8 Å². The molecule has 0 aromatic carbocycles. The summed E-state index contributed by atoms with van der Waals surface area (Å²) in [6.45, 7) is 5.19. The molecule has 0 saturated carbocycles. The van der Waals surface area contributed by atoms with E-state index in [4.69, 9.17) is 21.3 Å². The first-order valence-electron chi connectivity index (χ1n) is 6.30. The lowest BCUT2D eigenvalue weighted by atomic mass is 10.1. The second-order valence-electron chi connectivity index (χ2n) is 5.47. The van der Waals surface area contributed by atoms with Crippen molar-refractivity contribution in [1.82, 2.24) is 5.32 Å². The summed E-state index contributed by atoms with van der Waals surface area (Å²) in [6.07, 6.45) is 0.742. The number of nitrogens with one attached hydrogen (secondary N) is 1. The van der Waals surface area contributed by atoms with Crippen molar-refractivity contribution >= 4 is 18.0 Å². The second kappa shape index (κ2) is 7.68. The lowest BCUT2D eigenvalue weighted by molar-refractivity contribution is -0.156. The fourth-order valence-corrected chi connectivity index (χ4v) is 1.47. The van der Waals surface area contributed by atoms with Crippen molar-refractivity contribution in [2.24, 2.45) is 11.5 Å². The molecule has 6 N–H and O–H groups in total. The van der Waals surface area contributed by atoms with Crippen LogP contribution in [0.3, 0.4) is 0 Å². The van der Waals surface area contributed by atoms with Gasteiger partial charge in [-0.2, -0.15) is 0 Å². The van der Waals surface area contributed by atoms with Crippen LogP contribution in [-0.4, -0.2) is 40.8 Å². The Labute approximate surface area is 117 Å². The van der Waals surface area contributed by atoms with E-state index in [1.165, 1.54) is 0 Å². The van der Waals surface area contributed by atoms with Gasteiger partial charge in [-0.25, -0.2) is 9.59 Å². The topological polar surface area (TPSA) is 145 Å². The van der Waals surface area contributed by atoms with E-state index in [0.717, 1.165) is 0 Å². The minimum absolute atomic E-state index is 0.134. The maximum atomic E-state index is 11.6. The summed E-state index contributed by atoms with van der Waals surface area (Å²) in [6, 6.07) is -2.82. The van der Waals surface area contributed by atoms with Crippen LogP contribution in [0.4, 0.5) is 4.79 Å². The number of carboxylic acid groups (broad SMARTS) is 1. The van der Waals surface area contributed by atoms with E-state index in [2.05, 4.69) is 5.32 Å². The number of carbonyl (C=O) groups is 3. The third kappa shape index (κ3) is 8.30. The number of hydrogen-bond donors (Lipinski definition) is 4. The van der Waals surface area contributed by atoms with Gasteiger partial charge >= 0.3 is 18.0 Å². The van der Waals surface area contributed by atoms with E-state index >= 15 is 0 Å². The summed E-state index contributed by atoms with van der Waals surface area (Å²) in [5.74, 6) is -1.72. The maximum absolute atomic E-state index is 11.6. The molecule has 116 valence electrons. The van der Waals surface area contributed by atoms with Gasteiger partial charge in [-0.3, -0.25) is 4.79 Å². The summed E-state index contributed by atoms with van der Waals surface area (Å²) < 4.78 is 5.10. The SMILES string of the molecule is CC(C)(C)OC(=O)C(N)CCC[C@H](NC(N)=O)C(=O)O. The Hall–Kier alpha value is -1.83. The molecule has 1 unspecified atom stereocenters. The predicted molar refractivity (Wildman–Crippen MR) is 71.8 cm³/mol. The zero-order valence-electron chi connectivity index (χ0n) is 12.0. The molecule has 0 saturated heterocycles. The highest BCUT2D eigenvalue weighted by molar-refractivity contribution is 5.81. The van der Waals surface area contributed by atoms with Crippen molar-refractivity contribution in [2.45, 2.75) is 57.7 Å². The van der Waals surface area contributed by atoms with Crippen molar-refractivity contribution in [3.05, 3.63) is 0 Å². The largest absolute Gasteiger partial charge is 0.480 e. The number of nitrogens with two attached hydrogens (primary N) is 2. The molecule has 0 bridgehead atoms. The number of ether oxygens (including phenoxy) is 1. The molecule has 2 amide bonds. The van der Waals surface area contributed by atoms with Crippen LogP contribution in [0.2, 0.25) is 0 Å². The molecule has 0 fully saturated rings.